The molecular weight excluding hydrogens is 160 g/mol. The van der Waals surface area contributed by atoms with Crippen molar-refractivity contribution in [1.82, 2.24) is 0 Å². The fourth-order valence-electron chi connectivity index (χ4n) is 0.889. The van der Waals surface area contributed by atoms with Gasteiger partial charge < -0.3 is 0 Å². The van der Waals surface area contributed by atoms with Gasteiger partial charge in [-0.05, 0) is 13.3 Å². The maximum Gasteiger partial charge on any atom is 0.138 e. The summed E-state index contributed by atoms with van der Waals surface area (Å²) in [5, 5.41) is 0. The van der Waals surface area contributed by atoms with E-state index in [0.29, 0.717) is 12.2 Å². The van der Waals surface area contributed by atoms with Crippen LogP contribution in [0.25, 0.3) is 0 Å². The SMILES string of the molecule is C=CC(C)=CCCC(=O)C(C)(C)C. The van der Waals surface area contributed by atoms with Gasteiger partial charge in [0.1, 0.15) is 5.78 Å². The number of hydrogen-bond acceptors (Lipinski definition) is 1. The summed E-state index contributed by atoms with van der Waals surface area (Å²) in [5.41, 5.74) is 0.942. The zero-order chi connectivity index (χ0) is 10.5. The first-order valence-electron chi connectivity index (χ1n) is 4.70. The second-order valence-electron chi connectivity index (χ2n) is 4.36. The predicted octanol–water partition coefficient (Wildman–Crippen LogP) is 3.51. The summed E-state index contributed by atoms with van der Waals surface area (Å²) in [4.78, 5) is 11.5. The molecule has 0 N–H and O–H groups in total. The number of Topliss-reactive ketones (excluding diaryl/α,β-unsaturated/α-hetero) is 1. The van der Waals surface area contributed by atoms with Crippen LogP contribution < -0.4 is 0 Å². The van der Waals surface area contributed by atoms with Crippen molar-refractivity contribution in [3.05, 3.63) is 24.3 Å². The second kappa shape index (κ2) is 5.00. The van der Waals surface area contributed by atoms with Crippen molar-refractivity contribution in [2.45, 2.75) is 40.5 Å². The van der Waals surface area contributed by atoms with Gasteiger partial charge in [-0.25, -0.2) is 0 Å². The molecule has 0 heterocycles. The van der Waals surface area contributed by atoms with Crippen LogP contribution in [0.4, 0.5) is 0 Å². The number of carbonyl (C=O) groups excluding carboxylic acids is 1. The van der Waals surface area contributed by atoms with Crippen LogP contribution in [-0.4, -0.2) is 5.78 Å². The third-order valence-electron chi connectivity index (χ3n) is 2.00. The smallest absolute Gasteiger partial charge is 0.138 e. The third-order valence-corrected chi connectivity index (χ3v) is 2.00. The van der Waals surface area contributed by atoms with Gasteiger partial charge in [-0.1, -0.05) is 45.1 Å². The molecule has 0 atom stereocenters. The van der Waals surface area contributed by atoms with E-state index in [1.807, 2.05) is 33.8 Å². The van der Waals surface area contributed by atoms with Crippen LogP contribution >= 0.6 is 0 Å². The lowest BCUT2D eigenvalue weighted by atomic mass is 9.88. The Morgan fingerprint density at radius 2 is 1.92 bits per heavy atom. The van der Waals surface area contributed by atoms with Crippen molar-refractivity contribution in [1.29, 1.82) is 0 Å². The van der Waals surface area contributed by atoms with E-state index in [-0.39, 0.29) is 5.41 Å². The molecule has 0 bridgehead atoms. The van der Waals surface area contributed by atoms with E-state index in [0.717, 1.165) is 12.0 Å². The molecule has 74 valence electrons. The van der Waals surface area contributed by atoms with Gasteiger partial charge in [0, 0.05) is 11.8 Å². The highest BCUT2D eigenvalue weighted by molar-refractivity contribution is 5.83. The number of carbonyl (C=O) groups is 1. The lowest BCUT2D eigenvalue weighted by molar-refractivity contribution is -0.126. The Morgan fingerprint density at radius 3 is 2.31 bits per heavy atom. The third kappa shape index (κ3) is 5.40. The Bertz CT molecular complexity index is 216. The van der Waals surface area contributed by atoms with Crippen molar-refractivity contribution in [2.75, 3.05) is 0 Å². The molecule has 0 fully saturated rings. The van der Waals surface area contributed by atoms with Crippen LogP contribution in [0, 0.1) is 5.41 Å². The van der Waals surface area contributed by atoms with E-state index in [9.17, 15) is 4.79 Å². The van der Waals surface area contributed by atoms with Crippen molar-refractivity contribution in [3.63, 3.8) is 0 Å². The van der Waals surface area contributed by atoms with Gasteiger partial charge >= 0.3 is 0 Å². The summed E-state index contributed by atoms with van der Waals surface area (Å²) in [6.45, 7) is 11.5. The van der Waals surface area contributed by atoms with Gasteiger partial charge in [-0.2, -0.15) is 0 Å². The van der Waals surface area contributed by atoms with E-state index < -0.39 is 0 Å². The number of hydrogen-bond donors (Lipinski definition) is 0. The first-order valence-corrected chi connectivity index (χ1v) is 4.70. The maximum atomic E-state index is 11.5. The summed E-state index contributed by atoms with van der Waals surface area (Å²) in [6.07, 6.45) is 5.32. The molecule has 1 heteroatoms. The standard InChI is InChI=1S/C12H20O/c1-6-10(2)8-7-9-11(13)12(3,4)5/h6,8H,1,7,9H2,2-5H3. The molecule has 0 rings (SSSR count). The maximum absolute atomic E-state index is 11.5. The molecule has 0 saturated carbocycles. The van der Waals surface area contributed by atoms with Crippen molar-refractivity contribution < 1.29 is 4.79 Å². The van der Waals surface area contributed by atoms with Crippen LogP contribution in [0.5, 0.6) is 0 Å². The fourth-order valence-corrected chi connectivity index (χ4v) is 0.889. The average Bonchev–Trinajstić information content (AvgIpc) is 2.02. The molecule has 0 aliphatic heterocycles. The monoisotopic (exact) mass is 180 g/mol. The van der Waals surface area contributed by atoms with E-state index in [1.54, 1.807) is 0 Å². The summed E-state index contributed by atoms with van der Waals surface area (Å²) >= 11 is 0. The molecule has 0 amide bonds. The molecule has 13 heavy (non-hydrogen) atoms. The first-order chi connectivity index (χ1) is 5.88. The van der Waals surface area contributed by atoms with E-state index in [1.165, 1.54) is 0 Å². The van der Waals surface area contributed by atoms with Crippen molar-refractivity contribution >= 4 is 5.78 Å². The second-order valence-corrected chi connectivity index (χ2v) is 4.36. The van der Waals surface area contributed by atoms with Gasteiger partial charge in [-0.15, -0.1) is 0 Å². The van der Waals surface area contributed by atoms with Gasteiger partial charge in [-0.3, -0.25) is 4.79 Å². The van der Waals surface area contributed by atoms with Crippen LogP contribution in [0.1, 0.15) is 40.5 Å². The zero-order valence-corrected chi connectivity index (χ0v) is 9.18. The molecule has 0 aliphatic rings. The first kappa shape index (κ1) is 12.2. The van der Waals surface area contributed by atoms with Crippen LogP contribution in [-0.2, 0) is 4.79 Å². The Balaban J connectivity index is 3.92. The Hall–Kier alpha value is -0.850. The largest absolute Gasteiger partial charge is 0.299 e. The predicted molar refractivity (Wildman–Crippen MR) is 57.7 cm³/mol. The zero-order valence-electron chi connectivity index (χ0n) is 9.18. The molecule has 0 saturated heterocycles. The van der Waals surface area contributed by atoms with Crippen LogP contribution in [0.15, 0.2) is 24.3 Å². The number of rotatable bonds is 4. The Labute approximate surface area is 81.5 Å². The van der Waals surface area contributed by atoms with Crippen molar-refractivity contribution in [3.8, 4) is 0 Å². The van der Waals surface area contributed by atoms with Gasteiger partial charge in [0.15, 0.2) is 0 Å². The fraction of sp³-hybridized carbons (Fsp3) is 0.583. The molecular formula is C12H20O. The summed E-state index contributed by atoms with van der Waals surface area (Å²) < 4.78 is 0. The highest BCUT2D eigenvalue weighted by atomic mass is 16.1. The normalized spacial score (nSPS) is 12.8. The van der Waals surface area contributed by atoms with Crippen molar-refractivity contribution in [2.24, 2.45) is 5.41 Å². The summed E-state index contributed by atoms with van der Waals surface area (Å²) in [6, 6.07) is 0. The van der Waals surface area contributed by atoms with Gasteiger partial charge in [0.25, 0.3) is 0 Å². The van der Waals surface area contributed by atoms with Gasteiger partial charge in [0.05, 0.1) is 0 Å². The minimum atomic E-state index is -0.198. The quantitative estimate of drug-likeness (QED) is 0.605. The lowest BCUT2D eigenvalue weighted by Crippen LogP contribution is -2.19. The molecule has 0 aromatic rings. The minimum absolute atomic E-state index is 0.198. The Morgan fingerprint density at radius 1 is 1.38 bits per heavy atom. The molecule has 1 nitrogen and oxygen atoms in total. The average molecular weight is 180 g/mol. The van der Waals surface area contributed by atoms with E-state index >= 15 is 0 Å². The van der Waals surface area contributed by atoms with E-state index in [2.05, 4.69) is 12.7 Å². The topological polar surface area (TPSA) is 17.1 Å². The summed E-state index contributed by atoms with van der Waals surface area (Å²) in [7, 11) is 0. The lowest BCUT2D eigenvalue weighted by Gasteiger charge is -2.15. The molecule has 0 aromatic carbocycles. The number of ketones is 1. The Kier molecular flexibility index (Phi) is 4.68. The van der Waals surface area contributed by atoms with Crippen LogP contribution in [0.3, 0.4) is 0 Å². The minimum Gasteiger partial charge on any atom is -0.299 e. The highest BCUT2D eigenvalue weighted by Gasteiger charge is 2.19. The molecule has 0 spiro atoms. The molecule has 0 aromatic heterocycles. The number of allylic oxidation sites excluding steroid dienone is 3. The molecule has 0 aliphatic carbocycles. The van der Waals surface area contributed by atoms with Gasteiger partial charge in [0.2, 0.25) is 0 Å². The molecule has 0 radical (unpaired) electrons. The van der Waals surface area contributed by atoms with Crippen LogP contribution in [0.2, 0.25) is 0 Å². The summed E-state index contributed by atoms with van der Waals surface area (Å²) in [5.74, 6) is 0.320. The molecule has 0 unspecified atom stereocenters. The van der Waals surface area contributed by atoms with E-state index in [4.69, 9.17) is 0 Å². The highest BCUT2D eigenvalue weighted by Crippen LogP contribution is 2.17.